The number of aliphatic hydroxyl groups excluding tert-OH is 1. The van der Waals surface area contributed by atoms with E-state index in [4.69, 9.17) is 9.84 Å². The fourth-order valence-corrected chi connectivity index (χ4v) is 3.29. The summed E-state index contributed by atoms with van der Waals surface area (Å²) in [5, 5.41) is 20.7. The van der Waals surface area contributed by atoms with Crippen molar-refractivity contribution in [3.8, 4) is 11.1 Å². The average Bonchev–Trinajstić information content (AvgIpc) is 2.98. The number of alkyl carbamates (subject to hydrolysis) is 1. The van der Waals surface area contributed by atoms with Crippen molar-refractivity contribution in [3.63, 3.8) is 0 Å². The Bertz CT molecular complexity index is 774. The molecule has 1 aliphatic rings. The van der Waals surface area contributed by atoms with Crippen molar-refractivity contribution in [2.75, 3.05) is 13.2 Å². The molecule has 0 spiro atoms. The Morgan fingerprint density at radius 1 is 1.08 bits per heavy atom. The van der Waals surface area contributed by atoms with Crippen LogP contribution in [0.2, 0.25) is 0 Å². The van der Waals surface area contributed by atoms with E-state index >= 15 is 0 Å². The molecule has 0 radical (unpaired) electrons. The summed E-state index contributed by atoms with van der Waals surface area (Å²) in [4.78, 5) is 23.1. The van der Waals surface area contributed by atoms with Crippen molar-refractivity contribution in [2.45, 2.75) is 18.9 Å². The number of carboxylic acids is 1. The number of rotatable bonds is 6. The van der Waals surface area contributed by atoms with Gasteiger partial charge in [-0.15, -0.1) is 0 Å². The summed E-state index contributed by atoms with van der Waals surface area (Å²) in [6.07, 6.45) is -0.737. The maximum absolute atomic E-state index is 12.1. The lowest BCUT2D eigenvalue weighted by Crippen LogP contribution is -2.45. The van der Waals surface area contributed by atoms with Gasteiger partial charge in [0.2, 0.25) is 0 Å². The Kier molecular flexibility index (Phi) is 5.23. The van der Waals surface area contributed by atoms with Crippen molar-refractivity contribution in [1.82, 2.24) is 5.32 Å². The quantitative estimate of drug-likeness (QED) is 0.740. The van der Waals surface area contributed by atoms with Crippen LogP contribution >= 0.6 is 0 Å². The van der Waals surface area contributed by atoms with Crippen molar-refractivity contribution in [3.05, 3.63) is 59.7 Å². The number of amides is 1. The lowest BCUT2D eigenvalue weighted by molar-refractivity contribution is -0.142. The third-order valence-corrected chi connectivity index (χ3v) is 4.84. The smallest absolute Gasteiger partial charge is 0.407 e. The van der Waals surface area contributed by atoms with Crippen LogP contribution in [0.5, 0.6) is 0 Å². The predicted octanol–water partition coefficient (Wildman–Crippen LogP) is 2.61. The monoisotopic (exact) mass is 355 g/mol. The number of fused-ring (bicyclic) bond motifs is 3. The lowest BCUT2D eigenvalue weighted by atomic mass is 9.98. The number of benzene rings is 2. The van der Waals surface area contributed by atoms with Crippen LogP contribution < -0.4 is 5.32 Å². The number of carbonyl (C=O) groups excluding carboxylic acids is 1. The Balaban J connectivity index is 1.70. The summed E-state index contributed by atoms with van der Waals surface area (Å²) in [5.41, 5.74) is 4.45. The highest BCUT2D eigenvalue weighted by Gasteiger charge is 2.30. The van der Waals surface area contributed by atoms with Crippen molar-refractivity contribution in [2.24, 2.45) is 5.92 Å². The van der Waals surface area contributed by atoms with Crippen molar-refractivity contribution >= 4 is 12.1 Å². The van der Waals surface area contributed by atoms with Gasteiger partial charge in [-0.25, -0.2) is 4.79 Å². The van der Waals surface area contributed by atoms with Crippen LogP contribution in [0.1, 0.15) is 24.0 Å². The molecule has 0 bridgehead atoms. The molecule has 0 saturated heterocycles. The Morgan fingerprint density at radius 3 is 2.12 bits per heavy atom. The van der Waals surface area contributed by atoms with Gasteiger partial charge in [0.25, 0.3) is 0 Å². The number of hydrogen-bond acceptors (Lipinski definition) is 4. The van der Waals surface area contributed by atoms with E-state index in [1.807, 2.05) is 48.5 Å². The number of hydrogen-bond donors (Lipinski definition) is 3. The van der Waals surface area contributed by atoms with Gasteiger partial charge in [-0.1, -0.05) is 48.5 Å². The molecular formula is C20H21NO5. The molecule has 1 aliphatic carbocycles. The minimum absolute atomic E-state index is 0.0716. The summed E-state index contributed by atoms with van der Waals surface area (Å²) in [6.45, 7) is 1.09. The fraction of sp³-hybridized carbons (Fsp3) is 0.300. The van der Waals surface area contributed by atoms with Crippen LogP contribution in [0.3, 0.4) is 0 Å². The zero-order valence-corrected chi connectivity index (χ0v) is 14.4. The zero-order chi connectivity index (χ0) is 18.7. The number of aliphatic hydroxyl groups is 1. The van der Waals surface area contributed by atoms with Crippen LogP contribution in [-0.2, 0) is 9.53 Å². The molecule has 0 saturated carbocycles. The maximum Gasteiger partial charge on any atom is 0.407 e. The molecule has 0 fully saturated rings. The topological polar surface area (TPSA) is 95.9 Å². The molecule has 136 valence electrons. The Morgan fingerprint density at radius 2 is 1.62 bits per heavy atom. The van der Waals surface area contributed by atoms with E-state index < -0.39 is 30.6 Å². The maximum atomic E-state index is 12.1. The zero-order valence-electron chi connectivity index (χ0n) is 14.4. The van der Waals surface area contributed by atoms with E-state index in [2.05, 4.69) is 5.32 Å². The lowest BCUT2D eigenvalue weighted by Gasteiger charge is -2.21. The van der Waals surface area contributed by atoms with Gasteiger partial charge in [0.05, 0.1) is 18.6 Å². The SMILES string of the molecule is C[C@H](C(=O)O)C(CO)NC(=O)OCC1c2ccccc2-c2ccccc21. The first-order valence-electron chi connectivity index (χ1n) is 8.48. The number of carbonyl (C=O) groups is 2. The minimum atomic E-state index is -1.09. The Hall–Kier alpha value is -2.86. The van der Waals surface area contributed by atoms with Crippen molar-refractivity contribution < 1.29 is 24.5 Å². The van der Waals surface area contributed by atoms with Gasteiger partial charge in [0.1, 0.15) is 6.61 Å². The summed E-state index contributed by atoms with van der Waals surface area (Å²) >= 11 is 0. The fourth-order valence-electron chi connectivity index (χ4n) is 3.29. The van der Waals surface area contributed by atoms with Gasteiger partial charge in [0, 0.05) is 5.92 Å². The van der Waals surface area contributed by atoms with Gasteiger partial charge in [0.15, 0.2) is 0 Å². The third kappa shape index (κ3) is 3.41. The number of nitrogens with one attached hydrogen (secondary N) is 1. The first kappa shape index (κ1) is 17.9. The van der Waals surface area contributed by atoms with Crippen molar-refractivity contribution in [1.29, 1.82) is 0 Å². The van der Waals surface area contributed by atoms with Crippen LogP contribution in [0.15, 0.2) is 48.5 Å². The second-order valence-corrected chi connectivity index (χ2v) is 6.39. The van der Waals surface area contributed by atoms with E-state index in [9.17, 15) is 14.7 Å². The molecule has 2 atom stereocenters. The van der Waals surface area contributed by atoms with E-state index in [1.54, 1.807) is 0 Å². The van der Waals surface area contributed by atoms with Gasteiger partial charge >= 0.3 is 12.1 Å². The molecule has 6 heteroatoms. The van der Waals surface area contributed by atoms with E-state index in [0.29, 0.717) is 0 Å². The summed E-state index contributed by atoms with van der Waals surface area (Å²) in [5.74, 6) is -2.08. The first-order valence-corrected chi connectivity index (χ1v) is 8.48. The van der Waals surface area contributed by atoms with Gasteiger partial charge in [-0.05, 0) is 29.2 Å². The van der Waals surface area contributed by atoms with E-state index in [1.165, 1.54) is 6.92 Å². The first-order chi connectivity index (χ1) is 12.5. The summed E-state index contributed by atoms with van der Waals surface area (Å²) in [7, 11) is 0. The molecule has 0 aromatic heterocycles. The highest BCUT2D eigenvalue weighted by molar-refractivity contribution is 5.79. The molecular weight excluding hydrogens is 334 g/mol. The Labute approximate surface area is 151 Å². The summed E-state index contributed by atoms with van der Waals surface area (Å²) in [6, 6.07) is 15.1. The normalized spacial score (nSPS) is 14.8. The molecule has 0 heterocycles. The van der Waals surface area contributed by atoms with E-state index in [0.717, 1.165) is 22.3 Å². The molecule has 6 nitrogen and oxygen atoms in total. The van der Waals surface area contributed by atoms with Gasteiger partial charge < -0.3 is 20.3 Å². The molecule has 26 heavy (non-hydrogen) atoms. The van der Waals surface area contributed by atoms with Gasteiger partial charge in [-0.3, -0.25) is 4.79 Å². The van der Waals surface area contributed by atoms with Crippen LogP contribution in [0, 0.1) is 5.92 Å². The summed E-state index contributed by atoms with van der Waals surface area (Å²) < 4.78 is 5.35. The molecule has 1 amide bonds. The highest BCUT2D eigenvalue weighted by atomic mass is 16.5. The molecule has 2 aromatic carbocycles. The van der Waals surface area contributed by atoms with Crippen LogP contribution in [0.25, 0.3) is 11.1 Å². The molecule has 3 N–H and O–H groups in total. The highest BCUT2D eigenvalue weighted by Crippen LogP contribution is 2.44. The minimum Gasteiger partial charge on any atom is -0.481 e. The molecule has 0 aliphatic heterocycles. The van der Waals surface area contributed by atoms with Crippen LogP contribution in [0.4, 0.5) is 4.79 Å². The molecule has 3 rings (SSSR count). The number of aliphatic carboxylic acids is 1. The van der Waals surface area contributed by atoms with Crippen LogP contribution in [-0.4, -0.2) is 41.5 Å². The predicted molar refractivity (Wildman–Crippen MR) is 95.9 cm³/mol. The second kappa shape index (κ2) is 7.58. The molecule has 1 unspecified atom stereocenters. The third-order valence-electron chi connectivity index (χ3n) is 4.84. The molecule has 2 aromatic rings. The van der Waals surface area contributed by atoms with E-state index in [-0.39, 0.29) is 12.5 Å². The number of ether oxygens (including phenoxy) is 1. The number of carboxylic acid groups (broad SMARTS) is 1. The average molecular weight is 355 g/mol. The second-order valence-electron chi connectivity index (χ2n) is 6.39. The largest absolute Gasteiger partial charge is 0.481 e. The standard InChI is InChI=1S/C20H21NO5/c1-12(19(23)24)18(10-22)21-20(25)26-11-17-15-8-4-2-6-13(15)14-7-3-5-9-16(14)17/h2-9,12,17-18,22H,10-11H2,1H3,(H,21,25)(H,23,24)/t12-,18?/m0/s1. The van der Waals surface area contributed by atoms with Gasteiger partial charge in [-0.2, -0.15) is 0 Å².